The van der Waals surface area contributed by atoms with Crippen molar-refractivity contribution in [3.8, 4) is 0 Å². The Morgan fingerprint density at radius 3 is 1.49 bits per heavy atom. The van der Waals surface area contributed by atoms with Crippen LogP contribution in [0.3, 0.4) is 0 Å². The van der Waals surface area contributed by atoms with Crippen molar-refractivity contribution in [1.29, 1.82) is 0 Å². The highest BCUT2D eigenvalue weighted by molar-refractivity contribution is 5.98. The number of alkyl halides is 3. The van der Waals surface area contributed by atoms with Gasteiger partial charge in [0.2, 0.25) is 47.2 Å². The van der Waals surface area contributed by atoms with Gasteiger partial charge in [0.25, 0.3) is 0 Å². The monoisotopic (exact) mass is 1100 g/mol. The Balaban J connectivity index is 1.12. The quantitative estimate of drug-likeness (QED) is 0.131. The van der Waals surface area contributed by atoms with Crippen LogP contribution in [0.2, 0.25) is 0 Å². The maximum atomic E-state index is 15.1. The molecule has 6 rings (SSSR count). The Kier molecular flexibility index (Phi) is 19.0. The fourth-order valence-electron chi connectivity index (χ4n) is 10.3. The van der Waals surface area contributed by atoms with Crippen LogP contribution in [0.5, 0.6) is 0 Å². The molecular weight excluding hydrogens is 1020 g/mol. The van der Waals surface area contributed by atoms with Gasteiger partial charge in [-0.2, -0.15) is 13.2 Å². The second-order valence-corrected chi connectivity index (χ2v) is 22.3. The van der Waals surface area contributed by atoms with Crippen LogP contribution in [-0.2, 0) is 64.0 Å². The highest BCUT2D eigenvalue weighted by atomic mass is 19.4. The number of alkyl carbamates (subject to hydrolysis) is 1. The van der Waals surface area contributed by atoms with E-state index in [0.717, 1.165) is 4.57 Å². The summed E-state index contributed by atoms with van der Waals surface area (Å²) in [5.41, 5.74) is -1.21. The zero-order valence-electron chi connectivity index (χ0n) is 44.9. The number of halogens is 6. The van der Waals surface area contributed by atoms with Crippen LogP contribution in [0, 0.1) is 35.2 Å². The Morgan fingerprint density at radius 2 is 1.05 bits per heavy atom. The third-order valence-corrected chi connectivity index (χ3v) is 14.3. The zero-order valence-corrected chi connectivity index (χ0v) is 44.9. The molecule has 3 saturated heterocycles. The van der Waals surface area contributed by atoms with Crippen molar-refractivity contribution in [2.45, 2.75) is 181 Å². The summed E-state index contributed by atoms with van der Waals surface area (Å²) in [5.74, 6) is -11.2. The maximum absolute atomic E-state index is 15.1. The minimum atomic E-state index is -4.80. The third-order valence-electron chi connectivity index (χ3n) is 14.3. The lowest BCUT2D eigenvalue weighted by Crippen LogP contribution is -2.61. The Hall–Kier alpha value is -6.50. The van der Waals surface area contributed by atoms with Gasteiger partial charge in [0.05, 0.1) is 6.54 Å². The second kappa shape index (κ2) is 24.4. The van der Waals surface area contributed by atoms with Crippen molar-refractivity contribution in [2.75, 3.05) is 26.2 Å². The van der Waals surface area contributed by atoms with Gasteiger partial charge in [0.1, 0.15) is 47.7 Å². The fraction of sp³-hybridized carbons (Fsp3) is 0.686. The number of rotatable bonds is 17. The van der Waals surface area contributed by atoms with Crippen molar-refractivity contribution in [1.82, 2.24) is 55.6 Å². The van der Waals surface area contributed by atoms with Gasteiger partial charge in [-0.25, -0.2) is 18.0 Å². The molecule has 0 aliphatic carbocycles. The molecule has 26 heteroatoms. The lowest BCUT2D eigenvalue weighted by atomic mass is 9.99. The SMILES string of the molecule is CC(C)C(NC(=O)OC(C)(C)C)C(=O)N1CCCC1C(=O)NC(C(=O)N1CCCC1C(=O)NC(C(=O)N1CCCC1C(=O)NC(CC(=O)N1CCn2c(nnc2C(F)(F)F)C1)Cc1cc(F)c(F)cc1F)C(C)C)C(C)C. The number of carbonyl (C=O) groups excluding carboxylic acids is 8. The van der Waals surface area contributed by atoms with Gasteiger partial charge in [-0.3, -0.25) is 33.6 Å². The van der Waals surface area contributed by atoms with Gasteiger partial charge in [-0.05, 0) is 95.1 Å². The fourth-order valence-corrected chi connectivity index (χ4v) is 10.3. The van der Waals surface area contributed by atoms with Crippen LogP contribution in [0.4, 0.5) is 31.1 Å². The number of aromatic nitrogens is 3. The van der Waals surface area contributed by atoms with Crippen molar-refractivity contribution >= 4 is 47.4 Å². The molecule has 0 radical (unpaired) electrons. The standard InChI is InChI=1S/C51H71F6N11O9/c1-26(2)39(59-43(71)35-14-11-17-66(35)46(74)40(27(3)4)60-44(72)36-15-12-18-67(36)47(75)41(28(5)6)61-49(76)77-50(7,8)9)45(73)65-16-10-13-34(65)42(70)58-30(21-29-22-32(53)33(54)24-31(29)52)23-38(69)64-19-20-68-37(25-64)62-63-48(68)51(55,56)57/h22,24,26-28,30,34-36,39-41H,10-21,23,25H2,1-9H3,(H,58,70)(H,59,71)(H,60,72)(H,61,76). The van der Waals surface area contributed by atoms with Gasteiger partial charge in [0.15, 0.2) is 17.5 Å². The molecule has 1 aromatic heterocycles. The van der Waals surface area contributed by atoms with E-state index in [4.69, 9.17) is 4.74 Å². The normalized spacial score (nSPS) is 20.5. The molecule has 4 aliphatic heterocycles. The summed E-state index contributed by atoms with van der Waals surface area (Å²) in [5, 5.41) is 17.8. The molecular formula is C51H71F6N11O9. The molecule has 3 fully saturated rings. The summed E-state index contributed by atoms with van der Waals surface area (Å²) in [7, 11) is 0. The average molecular weight is 1100 g/mol. The number of amides is 8. The van der Waals surface area contributed by atoms with Crippen LogP contribution in [0.1, 0.15) is 124 Å². The molecule has 0 bridgehead atoms. The number of likely N-dealkylation sites (tertiary alicyclic amines) is 3. The van der Waals surface area contributed by atoms with E-state index >= 15 is 4.39 Å². The van der Waals surface area contributed by atoms with Gasteiger partial charge in [-0.1, -0.05) is 41.5 Å². The zero-order chi connectivity index (χ0) is 57.0. The Bertz CT molecular complexity index is 2550. The van der Waals surface area contributed by atoms with E-state index in [1.54, 1.807) is 62.3 Å². The van der Waals surface area contributed by atoms with E-state index in [0.29, 0.717) is 37.8 Å². The van der Waals surface area contributed by atoms with Crippen molar-refractivity contribution in [3.05, 3.63) is 46.8 Å². The Labute approximate surface area is 443 Å². The lowest BCUT2D eigenvalue weighted by Gasteiger charge is -2.35. The minimum absolute atomic E-state index is 0.0674. The van der Waals surface area contributed by atoms with Crippen LogP contribution in [0.25, 0.3) is 0 Å². The number of hydrogen-bond donors (Lipinski definition) is 4. The number of nitrogens with zero attached hydrogens (tertiary/aromatic N) is 7. The summed E-state index contributed by atoms with van der Waals surface area (Å²) in [6.07, 6.45) is -4.79. The molecule has 20 nitrogen and oxygen atoms in total. The van der Waals surface area contributed by atoms with E-state index < -0.39 is 155 Å². The molecule has 77 heavy (non-hydrogen) atoms. The summed E-state index contributed by atoms with van der Waals surface area (Å²) in [4.78, 5) is 117. The smallest absolute Gasteiger partial charge is 0.444 e. The first-order valence-electron chi connectivity index (χ1n) is 26.2. The van der Waals surface area contributed by atoms with Crippen LogP contribution < -0.4 is 21.3 Å². The molecule has 0 saturated carbocycles. The summed E-state index contributed by atoms with van der Waals surface area (Å²) >= 11 is 0. The molecule has 7 unspecified atom stereocenters. The molecule has 0 spiro atoms. The molecule has 4 N–H and O–H groups in total. The summed E-state index contributed by atoms with van der Waals surface area (Å²) in [6, 6.07) is -6.92. The molecule has 426 valence electrons. The topological polar surface area (TPSA) is 238 Å². The van der Waals surface area contributed by atoms with Crippen molar-refractivity contribution in [2.24, 2.45) is 17.8 Å². The number of fused-ring (bicyclic) bond motifs is 1. The van der Waals surface area contributed by atoms with Gasteiger partial charge in [-0.15, -0.1) is 10.2 Å². The van der Waals surface area contributed by atoms with Crippen LogP contribution in [-0.4, -0.2) is 156 Å². The van der Waals surface area contributed by atoms with Crippen LogP contribution in [0.15, 0.2) is 12.1 Å². The average Bonchev–Trinajstić information content (AvgIpc) is 4.19. The predicted octanol–water partition coefficient (Wildman–Crippen LogP) is 3.98. The largest absolute Gasteiger partial charge is 0.451 e. The highest BCUT2D eigenvalue weighted by Gasteiger charge is 2.46. The second-order valence-electron chi connectivity index (χ2n) is 22.3. The molecule has 7 atom stereocenters. The molecule has 2 aromatic rings. The number of nitrogens with one attached hydrogen (secondary N) is 4. The number of benzene rings is 1. The molecule has 1 aromatic carbocycles. The number of hydrogen-bond acceptors (Lipinski definition) is 11. The first kappa shape index (κ1) is 59.7. The van der Waals surface area contributed by atoms with E-state index in [9.17, 15) is 60.3 Å². The predicted molar refractivity (Wildman–Crippen MR) is 263 cm³/mol. The third kappa shape index (κ3) is 14.4. The van der Waals surface area contributed by atoms with Crippen molar-refractivity contribution in [3.63, 3.8) is 0 Å². The highest BCUT2D eigenvalue weighted by Crippen LogP contribution is 2.31. The van der Waals surface area contributed by atoms with E-state index in [1.165, 1.54) is 19.6 Å². The van der Waals surface area contributed by atoms with E-state index in [2.05, 4.69) is 31.5 Å². The molecule has 8 amide bonds. The first-order valence-corrected chi connectivity index (χ1v) is 26.2. The van der Waals surface area contributed by atoms with Crippen LogP contribution >= 0.6 is 0 Å². The van der Waals surface area contributed by atoms with Gasteiger partial charge >= 0.3 is 12.3 Å². The lowest BCUT2D eigenvalue weighted by molar-refractivity contribution is -0.148. The first-order chi connectivity index (χ1) is 36.0. The molecule has 5 heterocycles. The summed E-state index contributed by atoms with van der Waals surface area (Å²) in [6.45, 7) is 14.9. The van der Waals surface area contributed by atoms with Gasteiger partial charge in [0, 0.05) is 51.3 Å². The molecule has 4 aliphatic rings. The van der Waals surface area contributed by atoms with Crippen molar-refractivity contribution < 1.29 is 69.4 Å². The summed E-state index contributed by atoms with van der Waals surface area (Å²) < 4.78 is 90.1. The van der Waals surface area contributed by atoms with E-state index in [-0.39, 0.29) is 63.9 Å². The number of carbonyl (C=O) groups is 8. The van der Waals surface area contributed by atoms with E-state index in [1.807, 2.05) is 0 Å². The maximum Gasteiger partial charge on any atom is 0.451 e. The minimum Gasteiger partial charge on any atom is -0.444 e. The Morgan fingerprint density at radius 1 is 0.610 bits per heavy atom. The van der Waals surface area contributed by atoms with Gasteiger partial charge < -0.3 is 50.2 Å². The number of ether oxygens (including phenoxy) is 1.